The van der Waals surface area contributed by atoms with Gasteiger partial charge in [-0.05, 0) is 61.4 Å². The highest BCUT2D eigenvalue weighted by atomic mass is 35.5. The summed E-state index contributed by atoms with van der Waals surface area (Å²) in [5.41, 5.74) is 2.13. The maximum Gasteiger partial charge on any atom is 0.326 e. The summed E-state index contributed by atoms with van der Waals surface area (Å²) in [6.07, 6.45) is 2.28. The summed E-state index contributed by atoms with van der Waals surface area (Å²) in [6.45, 7) is 4.70. The van der Waals surface area contributed by atoms with Crippen LogP contribution in [0.1, 0.15) is 12.8 Å². The van der Waals surface area contributed by atoms with Crippen LogP contribution in [0.4, 0.5) is 21.9 Å². The van der Waals surface area contributed by atoms with Gasteiger partial charge in [0, 0.05) is 54.3 Å². The Morgan fingerprint density at radius 1 is 0.970 bits per heavy atom. The lowest BCUT2D eigenvalue weighted by Crippen LogP contribution is -2.44. The Kier molecular flexibility index (Phi) is 8.17. The Morgan fingerprint density at radius 2 is 1.61 bits per heavy atom. The number of hydrogen-bond acceptors (Lipinski definition) is 5. The van der Waals surface area contributed by atoms with Crippen LogP contribution < -0.4 is 20.9 Å². The molecule has 1 aliphatic heterocycles. The maximum atomic E-state index is 13.1. The third-order valence-corrected chi connectivity index (χ3v) is 5.93. The second kappa shape index (κ2) is 11.5. The maximum absolute atomic E-state index is 13.1. The number of amides is 3. The molecule has 2 aromatic carbocycles. The van der Waals surface area contributed by atoms with Crippen LogP contribution in [0.2, 0.25) is 5.02 Å². The number of urea groups is 1. The first-order chi connectivity index (χ1) is 16.1. The van der Waals surface area contributed by atoms with E-state index in [2.05, 4.69) is 20.9 Å². The third-order valence-electron chi connectivity index (χ3n) is 5.68. The molecule has 33 heavy (non-hydrogen) atoms. The van der Waals surface area contributed by atoms with Gasteiger partial charge in [0.2, 0.25) is 5.91 Å². The van der Waals surface area contributed by atoms with Gasteiger partial charge in [0.1, 0.15) is 0 Å². The Hall–Kier alpha value is -2.65. The molecule has 1 saturated carbocycles. The fraction of sp³-hybridized carbons (Fsp3) is 0.417. The van der Waals surface area contributed by atoms with Crippen LogP contribution in [0.15, 0.2) is 48.5 Å². The van der Waals surface area contributed by atoms with Crippen molar-refractivity contribution in [1.29, 1.82) is 0 Å². The van der Waals surface area contributed by atoms with Crippen LogP contribution in [-0.2, 0) is 9.53 Å². The molecule has 3 N–H and O–H groups in total. The molecule has 2 aliphatic rings. The number of ether oxygens (including phenoxy) is 1. The van der Waals surface area contributed by atoms with Crippen molar-refractivity contribution in [3.63, 3.8) is 0 Å². The predicted molar refractivity (Wildman–Crippen MR) is 131 cm³/mol. The van der Waals surface area contributed by atoms with E-state index < -0.39 is 0 Å². The zero-order valence-corrected chi connectivity index (χ0v) is 19.3. The van der Waals surface area contributed by atoms with E-state index in [0.29, 0.717) is 48.7 Å². The molecule has 4 rings (SSSR count). The van der Waals surface area contributed by atoms with E-state index in [1.807, 2.05) is 24.3 Å². The van der Waals surface area contributed by atoms with Gasteiger partial charge in [-0.25, -0.2) is 4.79 Å². The Bertz CT molecular complexity index is 928. The van der Waals surface area contributed by atoms with E-state index in [1.165, 1.54) is 0 Å². The summed E-state index contributed by atoms with van der Waals surface area (Å²) in [6, 6.07) is 14.6. The highest BCUT2D eigenvalue weighted by Gasteiger charge is 2.21. The first-order valence-electron chi connectivity index (χ1n) is 11.3. The summed E-state index contributed by atoms with van der Waals surface area (Å²) in [7, 11) is 0. The number of hydrogen-bond donors (Lipinski definition) is 3. The average Bonchev–Trinajstić information content (AvgIpc) is 3.66. The zero-order chi connectivity index (χ0) is 23.0. The molecule has 1 aliphatic carbocycles. The van der Waals surface area contributed by atoms with Crippen molar-refractivity contribution in [1.82, 2.24) is 10.2 Å². The number of benzene rings is 2. The van der Waals surface area contributed by atoms with Gasteiger partial charge in [0.15, 0.2) is 0 Å². The number of carbonyl (C=O) groups is 2. The minimum atomic E-state index is -0.226. The Morgan fingerprint density at radius 3 is 2.27 bits per heavy atom. The van der Waals surface area contributed by atoms with Crippen molar-refractivity contribution in [2.24, 2.45) is 0 Å². The van der Waals surface area contributed by atoms with Crippen molar-refractivity contribution >= 4 is 40.6 Å². The van der Waals surface area contributed by atoms with Gasteiger partial charge in [0.05, 0.1) is 19.8 Å². The molecule has 1 heterocycles. The number of anilines is 3. The van der Waals surface area contributed by atoms with Crippen molar-refractivity contribution in [3.8, 4) is 0 Å². The fourth-order valence-corrected chi connectivity index (χ4v) is 3.72. The lowest BCUT2D eigenvalue weighted by molar-refractivity contribution is -0.115. The molecule has 0 spiro atoms. The Balaban J connectivity index is 1.40. The molecule has 0 radical (unpaired) electrons. The third kappa shape index (κ3) is 7.43. The van der Waals surface area contributed by atoms with E-state index in [0.717, 1.165) is 38.2 Å². The van der Waals surface area contributed by atoms with Crippen LogP contribution in [0.25, 0.3) is 0 Å². The molecule has 0 bridgehead atoms. The first-order valence-corrected chi connectivity index (χ1v) is 11.7. The molecule has 0 unspecified atom stereocenters. The summed E-state index contributed by atoms with van der Waals surface area (Å²) in [4.78, 5) is 29.2. The SMILES string of the molecule is O=C(CNC1CC1)Nc1ccc(N(CCN2CCOCC2)C(=O)Nc2ccc(Cl)cc2)cc1. The summed E-state index contributed by atoms with van der Waals surface area (Å²) in [5, 5.41) is 9.65. The molecule has 0 atom stereocenters. The molecule has 2 aromatic rings. The minimum absolute atomic E-state index is 0.0701. The van der Waals surface area contributed by atoms with Crippen LogP contribution >= 0.6 is 11.6 Å². The summed E-state index contributed by atoms with van der Waals surface area (Å²) < 4.78 is 5.42. The van der Waals surface area contributed by atoms with E-state index in [1.54, 1.807) is 29.2 Å². The molecule has 9 heteroatoms. The van der Waals surface area contributed by atoms with Crippen LogP contribution in [-0.4, -0.2) is 68.8 Å². The van der Waals surface area contributed by atoms with Crippen LogP contribution in [0.5, 0.6) is 0 Å². The topological polar surface area (TPSA) is 85.9 Å². The van der Waals surface area contributed by atoms with E-state index >= 15 is 0 Å². The molecule has 176 valence electrons. The van der Waals surface area contributed by atoms with Gasteiger partial charge in [-0.2, -0.15) is 0 Å². The average molecular weight is 472 g/mol. The van der Waals surface area contributed by atoms with Crippen molar-refractivity contribution < 1.29 is 14.3 Å². The second-order valence-corrected chi connectivity index (χ2v) is 8.73. The highest BCUT2D eigenvalue weighted by molar-refractivity contribution is 6.30. The van der Waals surface area contributed by atoms with Gasteiger partial charge in [0.25, 0.3) is 0 Å². The van der Waals surface area contributed by atoms with Crippen LogP contribution in [0.3, 0.4) is 0 Å². The van der Waals surface area contributed by atoms with Crippen molar-refractivity contribution in [3.05, 3.63) is 53.6 Å². The van der Waals surface area contributed by atoms with Crippen molar-refractivity contribution in [2.45, 2.75) is 18.9 Å². The second-order valence-electron chi connectivity index (χ2n) is 8.29. The standard InChI is InChI=1S/C24H30ClN5O3/c25-18-1-3-21(4-2-18)28-24(32)30(12-11-29-13-15-33-16-14-29)22-9-7-20(8-10-22)27-23(31)17-26-19-5-6-19/h1-4,7-10,19,26H,5-6,11-17H2,(H,27,31)(H,28,32). The smallest absolute Gasteiger partial charge is 0.326 e. The lowest BCUT2D eigenvalue weighted by Gasteiger charge is -2.30. The largest absolute Gasteiger partial charge is 0.379 e. The first kappa shape index (κ1) is 23.5. The summed E-state index contributed by atoms with van der Waals surface area (Å²) in [5.74, 6) is -0.0701. The number of morpholine rings is 1. The number of nitrogens with one attached hydrogen (secondary N) is 3. The number of halogens is 1. The lowest BCUT2D eigenvalue weighted by atomic mass is 10.2. The predicted octanol–water partition coefficient (Wildman–Crippen LogP) is 3.40. The molecule has 8 nitrogen and oxygen atoms in total. The molecule has 3 amide bonds. The minimum Gasteiger partial charge on any atom is -0.379 e. The molecule has 2 fully saturated rings. The van der Waals surface area contributed by atoms with Crippen LogP contribution in [0, 0.1) is 0 Å². The van der Waals surface area contributed by atoms with Gasteiger partial charge >= 0.3 is 6.03 Å². The number of nitrogens with zero attached hydrogens (tertiary/aromatic N) is 2. The zero-order valence-electron chi connectivity index (χ0n) is 18.6. The Labute approximate surface area is 199 Å². The number of carbonyl (C=O) groups excluding carboxylic acids is 2. The fourth-order valence-electron chi connectivity index (χ4n) is 3.59. The molecular weight excluding hydrogens is 442 g/mol. The van der Waals surface area contributed by atoms with Crippen molar-refractivity contribution in [2.75, 3.05) is 61.5 Å². The van der Waals surface area contributed by atoms with E-state index in [4.69, 9.17) is 16.3 Å². The normalized spacial score (nSPS) is 16.3. The number of rotatable bonds is 9. The van der Waals surface area contributed by atoms with Gasteiger partial charge in [-0.3, -0.25) is 14.6 Å². The highest BCUT2D eigenvalue weighted by Crippen LogP contribution is 2.21. The molecule has 1 saturated heterocycles. The quantitative estimate of drug-likeness (QED) is 0.522. The van der Waals surface area contributed by atoms with Gasteiger partial charge in [-0.1, -0.05) is 11.6 Å². The van der Waals surface area contributed by atoms with E-state index in [9.17, 15) is 9.59 Å². The summed E-state index contributed by atoms with van der Waals surface area (Å²) >= 11 is 5.96. The molecule has 0 aromatic heterocycles. The van der Waals surface area contributed by atoms with Gasteiger partial charge in [-0.15, -0.1) is 0 Å². The van der Waals surface area contributed by atoms with E-state index in [-0.39, 0.29) is 11.9 Å². The monoisotopic (exact) mass is 471 g/mol. The molecular formula is C24H30ClN5O3. The van der Waals surface area contributed by atoms with Gasteiger partial charge < -0.3 is 20.7 Å².